The molecule has 0 aromatic carbocycles. The molecule has 0 unspecified atom stereocenters. The molecule has 0 heterocycles. The Morgan fingerprint density at radius 2 is 1.25 bits per heavy atom. The van der Waals surface area contributed by atoms with Crippen molar-refractivity contribution in [3.05, 3.63) is 0 Å². The minimum atomic E-state index is 0. The van der Waals surface area contributed by atoms with Crippen molar-refractivity contribution in [2.75, 3.05) is 0 Å². The Labute approximate surface area is 61.7 Å². The summed E-state index contributed by atoms with van der Waals surface area (Å²) in [6.45, 7) is 0. The first-order valence-electron chi connectivity index (χ1n) is 0.289. The van der Waals surface area contributed by atoms with Gasteiger partial charge in [0.1, 0.15) is 0 Å². The molecule has 0 saturated carbocycles. The summed E-state index contributed by atoms with van der Waals surface area (Å²) in [5.74, 6) is 0. The summed E-state index contributed by atoms with van der Waals surface area (Å²) in [5.41, 5.74) is 0. The monoisotopic (exact) mass is 126 g/mol. The summed E-state index contributed by atoms with van der Waals surface area (Å²) in [6.07, 6.45) is 0. The third-order valence-corrected chi connectivity index (χ3v) is 0. The topological polar surface area (TPSA) is 17.1 Å². The van der Waals surface area contributed by atoms with E-state index in [1.165, 1.54) is 0 Å². The predicted molar refractivity (Wildman–Crippen MR) is 24.9 cm³/mol. The molecule has 4 heavy (non-hydrogen) atoms. The molecule has 1 nitrogen and oxygen atoms in total. The number of hydrogen-bond acceptors (Lipinski definition) is 1. The summed E-state index contributed by atoms with van der Waals surface area (Å²) in [5, 5.41) is 0. The molecule has 0 N–H and O–H groups in total. The van der Waals surface area contributed by atoms with Crippen LogP contribution < -0.4 is 0 Å². The van der Waals surface area contributed by atoms with Crippen LogP contribution in [-0.2, 0) is 3.78 Å². The van der Waals surface area contributed by atoms with Crippen LogP contribution in [0.5, 0.6) is 0 Å². The van der Waals surface area contributed by atoms with E-state index in [9.17, 15) is 0 Å². The number of hydrogen-bond donors (Lipinski definition) is 0. The molecule has 0 aliphatic carbocycles. The second-order valence-electron chi connectivity index (χ2n) is 0. The van der Waals surface area contributed by atoms with Crippen LogP contribution in [0.2, 0.25) is 0 Å². The van der Waals surface area contributed by atoms with E-state index in [4.69, 9.17) is 3.78 Å². The average Bonchev–Trinajstić information content (AvgIpc) is 1.00. The van der Waals surface area contributed by atoms with E-state index in [-0.39, 0.29) is 58.4 Å². The molecule has 0 amide bonds. The molecule has 0 aromatic rings. The van der Waals surface area contributed by atoms with Gasteiger partial charge in [-0.2, -0.15) is 0 Å². The first-order chi connectivity index (χ1) is 1.00. The van der Waals surface area contributed by atoms with Crippen molar-refractivity contribution in [1.82, 2.24) is 0 Å². The molecule has 0 aliphatic heterocycles. The van der Waals surface area contributed by atoms with Gasteiger partial charge in [0, 0.05) is 0 Å². The molecule has 0 aromatic heterocycles. The molecule has 18 valence electrons. The first-order valence-corrected chi connectivity index (χ1v) is 1.50. The molecular weight excluding hydrogens is 120 g/mol. The van der Waals surface area contributed by atoms with Gasteiger partial charge < -0.3 is 0 Å². The van der Waals surface area contributed by atoms with Crippen LogP contribution in [0.25, 0.3) is 0 Å². The van der Waals surface area contributed by atoms with E-state index in [0.29, 0.717) is 0 Å². The zero-order chi connectivity index (χ0) is 2.00. The fraction of sp³-hybridized carbons (Fsp3) is 0. The van der Waals surface area contributed by atoms with Crippen molar-refractivity contribution in [3.8, 4) is 0 Å². The van der Waals surface area contributed by atoms with Gasteiger partial charge in [0.2, 0.25) is 0 Å². The van der Waals surface area contributed by atoms with E-state index in [0.717, 1.165) is 0 Å². The third-order valence-electron chi connectivity index (χ3n) is 0. The molecular formula is H5GeLiMgO. The van der Waals surface area contributed by atoms with Crippen LogP contribution in [0.15, 0.2) is 0 Å². The Kier molecular flexibility index (Phi) is 95.8. The fourth-order valence-corrected chi connectivity index (χ4v) is 0. The molecule has 0 fully saturated rings. The zero-order valence-electron chi connectivity index (χ0n) is 1.12. The van der Waals surface area contributed by atoms with Crippen LogP contribution in [0, 0.1) is 0 Å². The SMILES string of the molecule is [LiH].[MgH2].[O]=[GeH2]. The minimum absolute atomic E-state index is 0. The van der Waals surface area contributed by atoms with Gasteiger partial charge in [0.05, 0.1) is 0 Å². The summed E-state index contributed by atoms with van der Waals surface area (Å²) in [7, 11) is 0. The average molecular weight is 125 g/mol. The van der Waals surface area contributed by atoms with E-state index < -0.39 is 0 Å². The molecule has 0 aliphatic rings. The molecule has 0 radical (unpaired) electrons. The van der Waals surface area contributed by atoms with Gasteiger partial charge in [0.15, 0.2) is 0 Å². The van der Waals surface area contributed by atoms with Crippen LogP contribution >= 0.6 is 0 Å². The summed E-state index contributed by atoms with van der Waals surface area (Å²) >= 11 is 0.125. The Morgan fingerprint density at radius 3 is 1.25 bits per heavy atom. The summed E-state index contributed by atoms with van der Waals surface area (Å²) in [6, 6.07) is 0. The van der Waals surface area contributed by atoms with E-state index in [1.54, 1.807) is 0 Å². The van der Waals surface area contributed by atoms with Gasteiger partial charge >= 0.3 is 62.1 Å². The summed E-state index contributed by atoms with van der Waals surface area (Å²) in [4.78, 5) is 0. The Morgan fingerprint density at radius 1 is 1.25 bits per heavy atom. The van der Waals surface area contributed by atoms with Gasteiger partial charge in [0.25, 0.3) is 0 Å². The fourth-order valence-electron chi connectivity index (χ4n) is 0. The second-order valence-corrected chi connectivity index (χ2v) is 0. The van der Waals surface area contributed by atoms with E-state index >= 15 is 0 Å². The van der Waals surface area contributed by atoms with Gasteiger partial charge in [-0.1, -0.05) is 0 Å². The van der Waals surface area contributed by atoms with Gasteiger partial charge in [-0.05, 0) is 0 Å². The van der Waals surface area contributed by atoms with Gasteiger partial charge in [-0.3, -0.25) is 0 Å². The van der Waals surface area contributed by atoms with Crippen molar-refractivity contribution < 1.29 is 3.78 Å². The second kappa shape index (κ2) is 22.2. The Balaban J connectivity index is -0.00000000500. The van der Waals surface area contributed by atoms with E-state index in [2.05, 4.69) is 0 Å². The molecule has 4 heteroatoms. The van der Waals surface area contributed by atoms with Crippen molar-refractivity contribution in [3.63, 3.8) is 0 Å². The Hall–Kier alpha value is 1.71. The maximum absolute atomic E-state index is 8.38. The molecule has 0 rings (SSSR count). The third kappa shape index (κ3) is 9.32. The van der Waals surface area contributed by atoms with Crippen LogP contribution in [0.1, 0.15) is 0 Å². The normalized spacial score (nSPS) is 1.00. The molecule has 0 bridgehead atoms. The number of rotatable bonds is 0. The van der Waals surface area contributed by atoms with Crippen molar-refractivity contribution in [2.45, 2.75) is 0 Å². The molecule has 0 atom stereocenters. The zero-order valence-corrected chi connectivity index (χ0v) is 4.08. The molecule has 0 spiro atoms. The predicted octanol–water partition coefficient (Wildman–Crippen LogP) is -2.60. The summed E-state index contributed by atoms with van der Waals surface area (Å²) < 4.78 is 8.38. The maximum atomic E-state index is 8.38. The van der Waals surface area contributed by atoms with Crippen molar-refractivity contribution >= 4 is 58.4 Å². The van der Waals surface area contributed by atoms with Crippen LogP contribution in [0.3, 0.4) is 0 Å². The molecule has 0 saturated heterocycles. The van der Waals surface area contributed by atoms with Gasteiger partial charge in [-0.15, -0.1) is 0 Å². The quantitative estimate of drug-likeness (QED) is 0.324. The van der Waals surface area contributed by atoms with E-state index in [1.807, 2.05) is 0 Å². The first kappa shape index (κ1) is 17.3. The van der Waals surface area contributed by atoms with Crippen LogP contribution in [0.4, 0.5) is 0 Å². The Bertz CT molecular complexity index is 8.00. The van der Waals surface area contributed by atoms with Crippen molar-refractivity contribution in [2.24, 2.45) is 0 Å². The standard InChI is InChI=1S/GeH2O.Li.Mg.3H/c1-2;;;;;/h1H2;;;;;. The van der Waals surface area contributed by atoms with Crippen molar-refractivity contribution in [1.29, 1.82) is 0 Å². The van der Waals surface area contributed by atoms with Gasteiger partial charge in [-0.25, -0.2) is 0 Å². The van der Waals surface area contributed by atoms with Crippen LogP contribution in [-0.4, -0.2) is 58.4 Å².